The highest BCUT2D eigenvalue weighted by molar-refractivity contribution is 7.92. The Labute approximate surface area is 147 Å². The van der Waals surface area contributed by atoms with E-state index in [-0.39, 0.29) is 30.9 Å². The molecular formula is C17H23N3O4S. The predicted octanol–water partition coefficient (Wildman–Crippen LogP) is 2.07. The second kappa shape index (κ2) is 6.67. The van der Waals surface area contributed by atoms with Crippen molar-refractivity contribution in [1.82, 2.24) is 4.90 Å². The molecule has 2 N–H and O–H groups in total. The number of nitrogens with zero attached hydrogens (tertiary/aromatic N) is 1. The van der Waals surface area contributed by atoms with E-state index in [2.05, 4.69) is 10.6 Å². The second-order valence-electron chi connectivity index (χ2n) is 6.89. The zero-order valence-corrected chi connectivity index (χ0v) is 15.2. The Kier molecular flexibility index (Phi) is 4.73. The van der Waals surface area contributed by atoms with Crippen molar-refractivity contribution in [3.8, 4) is 0 Å². The molecule has 1 aliphatic carbocycles. The molecule has 0 radical (unpaired) electrons. The third-order valence-corrected chi connectivity index (χ3v) is 7.23. The lowest BCUT2D eigenvalue weighted by Crippen LogP contribution is -2.53. The average molecular weight is 365 g/mol. The maximum Gasteiger partial charge on any atom is 0.321 e. The standard InChI is InChI=1S/C17H23N3O4S/c1-11-9-20(10-12(2)25(11,23)24)17(22)19-15-5-3-4-14(8-15)18-16(21)13-6-7-13/h3-5,8,11-13H,6-7,9-10H2,1-2H3,(H,18,21)(H,19,22). The average Bonchev–Trinajstić information content (AvgIpc) is 3.37. The highest BCUT2D eigenvalue weighted by Gasteiger charge is 2.37. The fourth-order valence-electron chi connectivity index (χ4n) is 2.93. The van der Waals surface area contributed by atoms with E-state index >= 15 is 0 Å². The molecule has 2 atom stereocenters. The molecule has 1 heterocycles. The minimum Gasteiger partial charge on any atom is -0.326 e. The van der Waals surface area contributed by atoms with E-state index in [0.29, 0.717) is 11.4 Å². The molecule has 25 heavy (non-hydrogen) atoms. The Bertz CT molecular complexity index is 771. The number of rotatable bonds is 3. The van der Waals surface area contributed by atoms with Gasteiger partial charge in [-0.05, 0) is 44.9 Å². The van der Waals surface area contributed by atoms with Gasteiger partial charge in [-0.1, -0.05) is 6.07 Å². The van der Waals surface area contributed by atoms with Crippen LogP contribution in [0.25, 0.3) is 0 Å². The fraction of sp³-hybridized carbons (Fsp3) is 0.529. The van der Waals surface area contributed by atoms with Crippen LogP contribution >= 0.6 is 0 Å². The van der Waals surface area contributed by atoms with Gasteiger partial charge in [0.25, 0.3) is 0 Å². The molecule has 2 fully saturated rings. The Balaban J connectivity index is 1.64. The van der Waals surface area contributed by atoms with Crippen LogP contribution in [0.2, 0.25) is 0 Å². The number of urea groups is 1. The normalized spacial score (nSPS) is 25.3. The Morgan fingerprint density at radius 3 is 2.16 bits per heavy atom. The molecule has 1 aliphatic heterocycles. The lowest BCUT2D eigenvalue weighted by Gasteiger charge is -2.34. The predicted molar refractivity (Wildman–Crippen MR) is 96.2 cm³/mol. The third kappa shape index (κ3) is 3.95. The van der Waals surface area contributed by atoms with Crippen LogP contribution < -0.4 is 10.6 Å². The van der Waals surface area contributed by atoms with Crippen molar-refractivity contribution < 1.29 is 18.0 Å². The van der Waals surface area contributed by atoms with Crippen LogP contribution in [0.1, 0.15) is 26.7 Å². The molecule has 136 valence electrons. The van der Waals surface area contributed by atoms with E-state index in [0.717, 1.165) is 12.8 Å². The van der Waals surface area contributed by atoms with Crippen molar-refractivity contribution >= 4 is 33.2 Å². The summed E-state index contributed by atoms with van der Waals surface area (Å²) in [6.07, 6.45) is 1.85. The number of nitrogens with one attached hydrogen (secondary N) is 2. The Morgan fingerprint density at radius 1 is 1.04 bits per heavy atom. The van der Waals surface area contributed by atoms with E-state index in [4.69, 9.17) is 0 Å². The molecule has 0 spiro atoms. The van der Waals surface area contributed by atoms with Gasteiger partial charge >= 0.3 is 6.03 Å². The highest BCUT2D eigenvalue weighted by atomic mass is 32.2. The first-order chi connectivity index (χ1) is 11.8. The molecular weight excluding hydrogens is 342 g/mol. The quantitative estimate of drug-likeness (QED) is 0.857. The number of amides is 3. The van der Waals surface area contributed by atoms with Crippen LogP contribution in [-0.2, 0) is 14.6 Å². The molecule has 1 aromatic carbocycles. The van der Waals surface area contributed by atoms with Crippen LogP contribution in [-0.4, -0.2) is 48.8 Å². The van der Waals surface area contributed by atoms with Crippen molar-refractivity contribution in [3.63, 3.8) is 0 Å². The summed E-state index contributed by atoms with van der Waals surface area (Å²) in [6, 6.07) is 6.63. The van der Waals surface area contributed by atoms with Crippen LogP contribution in [0, 0.1) is 5.92 Å². The molecule has 1 aromatic rings. The largest absolute Gasteiger partial charge is 0.326 e. The number of anilines is 2. The van der Waals surface area contributed by atoms with Gasteiger partial charge < -0.3 is 15.5 Å². The van der Waals surface area contributed by atoms with Gasteiger partial charge in [0.1, 0.15) is 0 Å². The van der Waals surface area contributed by atoms with Gasteiger partial charge in [0.05, 0.1) is 10.5 Å². The van der Waals surface area contributed by atoms with E-state index in [1.807, 2.05) is 0 Å². The van der Waals surface area contributed by atoms with Crippen molar-refractivity contribution in [1.29, 1.82) is 0 Å². The Hall–Kier alpha value is -2.09. The lowest BCUT2D eigenvalue weighted by atomic mass is 10.2. The summed E-state index contributed by atoms with van der Waals surface area (Å²) in [4.78, 5) is 25.8. The number of hydrogen-bond acceptors (Lipinski definition) is 4. The number of sulfone groups is 1. The third-order valence-electron chi connectivity index (χ3n) is 4.69. The minimum atomic E-state index is -3.17. The first kappa shape index (κ1) is 17.7. The van der Waals surface area contributed by atoms with Gasteiger partial charge in [-0.3, -0.25) is 4.79 Å². The van der Waals surface area contributed by atoms with E-state index in [1.54, 1.807) is 38.1 Å². The molecule has 0 bridgehead atoms. The maximum atomic E-state index is 12.5. The molecule has 1 saturated carbocycles. The van der Waals surface area contributed by atoms with Crippen LogP contribution in [0.15, 0.2) is 24.3 Å². The summed E-state index contributed by atoms with van der Waals surface area (Å²) in [5.41, 5.74) is 1.20. The summed E-state index contributed by atoms with van der Waals surface area (Å²) in [6.45, 7) is 3.60. The number of carbonyl (C=O) groups excluding carboxylic acids is 2. The van der Waals surface area contributed by atoms with E-state index < -0.39 is 20.3 Å². The maximum absolute atomic E-state index is 12.5. The van der Waals surface area contributed by atoms with Gasteiger partial charge in [0.15, 0.2) is 9.84 Å². The first-order valence-corrected chi connectivity index (χ1v) is 10.1. The summed E-state index contributed by atoms with van der Waals surface area (Å²) in [7, 11) is -3.17. The van der Waals surface area contributed by atoms with Gasteiger partial charge in [0.2, 0.25) is 5.91 Å². The fourth-order valence-corrected chi connectivity index (χ4v) is 4.50. The SMILES string of the molecule is CC1CN(C(=O)Nc2cccc(NC(=O)C3CC3)c2)CC(C)S1(=O)=O. The monoisotopic (exact) mass is 365 g/mol. The van der Waals surface area contributed by atoms with Gasteiger partial charge in [-0.15, -0.1) is 0 Å². The lowest BCUT2D eigenvalue weighted by molar-refractivity contribution is -0.117. The Morgan fingerprint density at radius 2 is 1.60 bits per heavy atom. The molecule has 2 unspecified atom stereocenters. The molecule has 7 nitrogen and oxygen atoms in total. The molecule has 3 rings (SSSR count). The summed E-state index contributed by atoms with van der Waals surface area (Å²) >= 11 is 0. The van der Waals surface area contributed by atoms with Crippen LogP contribution in [0.3, 0.4) is 0 Å². The highest BCUT2D eigenvalue weighted by Crippen LogP contribution is 2.30. The zero-order chi connectivity index (χ0) is 18.2. The summed E-state index contributed by atoms with van der Waals surface area (Å²) in [5, 5.41) is 4.46. The van der Waals surface area contributed by atoms with Crippen LogP contribution in [0.5, 0.6) is 0 Å². The molecule has 0 aromatic heterocycles. The topological polar surface area (TPSA) is 95.6 Å². The first-order valence-electron chi connectivity index (χ1n) is 8.47. The number of carbonyl (C=O) groups is 2. The van der Waals surface area contributed by atoms with Crippen LogP contribution in [0.4, 0.5) is 16.2 Å². The van der Waals surface area contributed by atoms with Crippen molar-refractivity contribution in [3.05, 3.63) is 24.3 Å². The van der Waals surface area contributed by atoms with Gasteiger partial charge in [0, 0.05) is 30.4 Å². The number of benzene rings is 1. The van der Waals surface area contributed by atoms with E-state index in [9.17, 15) is 18.0 Å². The number of hydrogen-bond donors (Lipinski definition) is 2. The summed E-state index contributed by atoms with van der Waals surface area (Å²) in [5.74, 6) is 0.115. The van der Waals surface area contributed by atoms with Crippen molar-refractivity contribution in [2.45, 2.75) is 37.2 Å². The summed E-state index contributed by atoms with van der Waals surface area (Å²) < 4.78 is 24.1. The van der Waals surface area contributed by atoms with Crippen molar-refractivity contribution in [2.24, 2.45) is 5.92 Å². The minimum absolute atomic E-state index is 0.00682. The zero-order valence-electron chi connectivity index (χ0n) is 14.4. The molecule has 8 heteroatoms. The molecule has 1 saturated heterocycles. The smallest absolute Gasteiger partial charge is 0.321 e. The van der Waals surface area contributed by atoms with Crippen molar-refractivity contribution in [2.75, 3.05) is 23.7 Å². The molecule has 2 aliphatic rings. The van der Waals surface area contributed by atoms with E-state index in [1.165, 1.54) is 4.90 Å². The van der Waals surface area contributed by atoms with Gasteiger partial charge in [-0.2, -0.15) is 0 Å². The van der Waals surface area contributed by atoms with Gasteiger partial charge in [-0.25, -0.2) is 13.2 Å². The second-order valence-corrected chi connectivity index (χ2v) is 9.68. The molecule has 3 amide bonds.